The van der Waals surface area contributed by atoms with Crippen LogP contribution in [-0.2, 0) is 11.2 Å². The van der Waals surface area contributed by atoms with E-state index in [1.54, 1.807) is 31.4 Å². The van der Waals surface area contributed by atoms with Gasteiger partial charge in [-0.3, -0.25) is 4.79 Å². The van der Waals surface area contributed by atoms with Gasteiger partial charge in [-0.05, 0) is 31.0 Å². The number of anilines is 1. The first-order chi connectivity index (χ1) is 14.4. The summed E-state index contributed by atoms with van der Waals surface area (Å²) in [6, 6.07) is 8.44. The molecule has 1 aromatic heterocycles. The minimum absolute atomic E-state index is 0.0813. The molecule has 0 radical (unpaired) electrons. The van der Waals surface area contributed by atoms with E-state index in [2.05, 4.69) is 5.32 Å². The molecule has 1 N–H and O–H groups in total. The standard InChI is InChI=1S/C22H22ClNO6/c1-12-14-6-5-13(27-2)9-18(14)30-22(26)15(12)7-8-21(25)24-17-11-20(29-4)19(28-3)10-16(17)23/h5-6,9-11H,7-8H2,1-4H3,(H,24,25). The Labute approximate surface area is 178 Å². The lowest BCUT2D eigenvalue weighted by molar-refractivity contribution is -0.116. The second-order valence-corrected chi connectivity index (χ2v) is 7.00. The monoisotopic (exact) mass is 431 g/mol. The molecule has 0 saturated heterocycles. The molecule has 30 heavy (non-hydrogen) atoms. The van der Waals surface area contributed by atoms with E-state index < -0.39 is 5.63 Å². The highest BCUT2D eigenvalue weighted by Gasteiger charge is 2.16. The van der Waals surface area contributed by atoms with E-state index in [1.165, 1.54) is 14.2 Å². The van der Waals surface area contributed by atoms with Crippen molar-refractivity contribution in [1.29, 1.82) is 0 Å². The first-order valence-corrected chi connectivity index (χ1v) is 9.57. The van der Waals surface area contributed by atoms with Crippen molar-refractivity contribution >= 4 is 34.2 Å². The number of carbonyl (C=O) groups is 1. The Morgan fingerprint density at radius 3 is 2.43 bits per heavy atom. The van der Waals surface area contributed by atoms with Crippen molar-refractivity contribution in [3.8, 4) is 17.2 Å². The number of benzene rings is 2. The Morgan fingerprint density at radius 1 is 1.07 bits per heavy atom. The SMILES string of the molecule is COc1ccc2c(C)c(CCC(=O)Nc3cc(OC)c(OC)cc3Cl)c(=O)oc2c1. The number of ether oxygens (including phenoxy) is 3. The van der Waals surface area contributed by atoms with Crippen LogP contribution in [-0.4, -0.2) is 27.2 Å². The van der Waals surface area contributed by atoms with Crippen LogP contribution in [0, 0.1) is 6.92 Å². The number of halogens is 1. The summed E-state index contributed by atoms with van der Waals surface area (Å²) in [5.41, 5.74) is 1.61. The van der Waals surface area contributed by atoms with Crippen molar-refractivity contribution < 1.29 is 23.4 Å². The molecule has 1 amide bonds. The molecule has 3 aromatic rings. The van der Waals surface area contributed by atoms with Crippen molar-refractivity contribution in [3.63, 3.8) is 0 Å². The van der Waals surface area contributed by atoms with Gasteiger partial charge in [-0.15, -0.1) is 0 Å². The van der Waals surface area contributed by atoms with Gasteiger partial charge in [0.05, 0.1) is 32.0 Å². The Hall–Kier alpha value is -3.19. The number of hydrogen-bond donors (Lipinski definition) is 1. The van der Waals surface area contributed by atoms with E-state index in [4.69, 9.17) is 30.2 Å². The highest BCUT2D eigenvalue weighted by atomic mass is 35.5. The van der Waals surface area contributed by atoms with Crippen LogP contribution in [0.25, 0.3) is 11.0 Å². The maximum Gasteiger partial charge on any atom is 0.339 e. The molecule has 0 saturated carbocycles. The average Bonchev–Trinajstić information content (AvgIpc) is 2.74. The van der Waals surface area contributed by atoms with Gasteiger partial charge >= 0.3 is 5.63 Å². The molecule has 0 aliphatic heterocycles. The van der Waals surface area contributed by atoms with Crippen molar-refractivity contribution in [2.45, 2.75) is 19.8 Å². The molecule has 2 aromatic carbocycles. The zero-order valence-corrected chi connectivity index (χ0v) is 17.9. The Kier molecular flexibility index (Phi) is 6.52. The molecule has 158 valence electrons. The summed E-state index contributed by atoms with van der Waals surface area (Å²) in [7, 11) is 4.54. The van der Waals surface area contributed by atoms with E-state index in [0.717, 1.165) is 10.9 Å². The highest BCUT2D eigenvalue weighted by molar-refractivity contribution is 6.34. The Morgan fingerprint density at radius 2 is 1.77 bits per heavy atom. The summed E-state index contributed by atoms with van der Waals surface area (Å²) in [5.74, 6) is 1.21. The first kappa shape index (κ1) is 21.5. The number of rotatable bonds is 7. The molecule has 7 nitrogen and oxygen atoms in total. The Bertz CT molecular complexity index is 1150. The van der Waals surface area contributed by atoms with Crippen LogP contribution in [0.15, 0.2) is 39.5 Å². The lowest BCUT2D eigenvalue weighted by atomic mass is 10.0. The van der Waals surface area contributed by atoms with Gasteiger partial charge in [0, 0.05) is 35.6 Å². The summed E-state index contributed by atoms with van der Waals surface area (Å²) in [6.45, 7) is 1.84. The third kappa shape index (κ3) is 4.36. The molecule has 0 atom stereocenters. The summed E-state index contributed by atoms with van der Waals surface area (Å²) >= 11 is 6.21. The fourth-order valence-electron chi connectivity index (χ4n) is 3.19. The summed E-state index contributed by atoms with van der Waals surface area (Å²) in [6.07, 6.45) is 0.310. The van der Waals surface area contributed by atoms with Crippen molar-refractivity contribution in [1.82, 2.24) is 0 Å². The molecule has 3 rings (SSSR count). The van der Waals surface area contributed by atoms with Crippen LogP contribution < -0.4 is 25.2 Å². The van der Waals surface area contributed by atoms with Crippen LogP contribution >= 0.6 is 11.6 Å². The van der Waals surface area contributed by atoms with Gasteiger partial charge in [0.1, 0.15) is 11.3 Å². The number of nitrogens with one attached hydrogen (secondary N) is 1. The summed E-state index contributed by atoms with van der Waals surface area (Å²) in [4.78, 5) is 24.9. The predicted molar refractivity (Wildman–Crippen MR) is 115 cm³/mol. The van der Waals surface area contributed by atoms with E-state index in [9.17, 15) is 9.59 Å². The minimum atomic E-state index is -0.467. The van der Waals surface area contributed by atoms with Crippen molar-refractivity contribution in [3.05, 3.63) is 56.9 Å². The van der Waals surface area contributed by atoms with Crippen LogP contribution in [0.2, 0.25) is 5.02 Å². The fraction of sp³-hybridized carbons (Fsp3) is 0.273. The Balaban J connectivity index is 1.78. The van der Waals surface area contributed by atoms with Crippen molar-refractivity contribution in [2.24, 2.45) is 0 Å². The average molecular weight is 432 g/mol. The molecular weight excluding hydrogens is 410 g/mol. The number of carbonyl (C=O) groups excluding carboxylic acids is 1. The van der Waals surface area contributed by atoms with Gasteiger partial charge in [0.2, 0.25) is 5.91 Å². The molecule has 0 aliphatic rings. The molecule has 1 heterocycles. The number of fused-ring (bicyclic) bond motifs is 1. The number of aryl methyl sites for hydroxylation is 1. The zero-order valence-electron chi connectivity index (χ0n) is 17.1. The first-order valence-electron chi connectivity index (χ1n) is 9.19. The number of hydrogen-bond acceptors (Lipinski definition) is 6. The molecule has 0 fully saturated rings. The topological polar surface area (TPSA) is 87.0 Å². The van der Waals surface area contributed by atoms with Gasteiger partial charge in [-0.1, -0.05) is 11.6 Å². The number of methoxy groups -OCH3 is 3. The van der Waals surface area contributed by atoms with E-state index >= 15 is 0 Å². The molecule has 0 aliphatic carbocycles. The quantitative estimate of drug-likeness (QED) is 0.559. The lowest BCUT2D eigenvalue weighted by Gasteiger charge is -2.13. The third-order valence-electron chi connectivity index (χ3n) is 4.84. The maximum absolute atomic E-state index is 12.5. The highest BCUT2D eigenvalue weighted by Crippen LogP contribution is 2.36. The third-order valence-corrected chi connectivity index (χ3v) is 5.16. The second-order valence-electron chi connectivity index (χ2n) is 6.59. The molecule has 0 spiro atoms. The smallest absolute Gasteiger partial charge is 0.339 e. The molecule has 0 bridgehead atoms. The van der Waals surface area contributed by atoms with Crippen LogP contribution in [0.1, 0.15) is 17.5 Å². The second kappa shape index (κ2) is 9.09. The van der Waals surface area contributed by atoms with E-state index in [0.29, 0.717) is 39.1 Å². The van der Waals surface area contributed by atoms with Gasteiger partial charge in [-0.2, -0.15) is 0 Å². The predicted octanol–water partition coefficient (Wildman–Crippen LogP) is 4.35. The van der Waals surface area contributed by atoms with Gasteiger partial charge < -0.3 is 23.9 Å². The van der Waals surface area contributed by atoms with Crippen LogP contribution in [0.5, 0.6) is 17.2 Å². The zero-order chi connectivity index (χ0) is 21.8. The van der Waals surface area contributed by atoms with E-state index in [-0.39, 0.29) is 18.7 Å². The van der Waals surface area contributed by atoms with Crippen molar-refractivity contribution in [2.75, 3.05) is 26.6 Å². The molecule has 8 heteroatoms. The molecular formula is C22H22ClNO6. The van der Waals surface area contributed by atoms with Crippen LogP contribution in [0.4, 0.5) is 5.69 Å². The lowest BCUT2D eigenvalue weighted by Crippen LogP contribution is -2.17. The van der Waals surface area contributed by atoms with Gasteiger partial charge in [-0.25, -0.2) is 4.79 Å². The normalized spacial score (nSPS) is 10.7. The maximum atomic E-state index is 12.5. The van der Waals surface area contributed by atoms with Gasteiger partial charge in [0.15, 0.2) is 11.5 Å². The van der Waals surface area contributed by atoms with E-state index in [1.807, 2.05) is 13.0 Å². The molecule has 0 unspecified atom stereocenters. The minimum Gasteiger partial charge on any atom is -0.497 e. The van der Waals surface area contributed by atoms with Gasteiger partial charge in [0.25, 0.3) is 0 Å². The summed E-state index contributed by atoms with van der Waals surface area (Å²) in [5, 5.41) is 3.86. The van der Waals surface area contributed by atoms with Crippen LogP contribution in [0.3, 0.4) is 0 Å². The number of amides is 1. The largest absolute Gasteiger partial charge is 0.497 e. The summed E-state index contributed by atoms with van der Waals surface area (Å²) < 4.78 is 21.0. The fourth-order valence-corrected chi connectivity index (χ4v) is 3.39.